The van der Waals surface area contributed by atoms with Gasteiger partial charge >= 0.3 is 5.97 Å². The molecule has 0 saturated carbocycles. The Morgan fingerprint density at radius 3 is 2.67 bits per heavy atom. The highest BCUT2D eigenvalue weighted by Crippen LogP contribution is 2.29. The number of methoxy groups -OCH3 is 1. The van der Waals surface area contributed by atoms with Crippen LogP contribution in [-0.2, 0) is 4.74 Å². The molecule has 0 aliphatic heterocycles. The second-order valence-corrected chi connectivity index (χ2v) is 4.36. The molecule has 4 nitrogen and oxygen atoms in total. The first-order chi connectivity index (χ1) is 8.52. The lowest BCUT2D eigenvalue weighted by Crippen LogP contribution is -2.03. The Labute approximate surface area is 113 Å². The number of oxazole rings is 1. The zero-order valence-corrected chi connectivity index (χ0v) is 11.2. The first kappa shape index (κ1) is 12.9. The third-order valence-electron chi connectivity index (χ3n) is 2.34. The Bertz CT molecular complexity index is 607. The van der Waals surface area contributed by atoms with Crippen LogP contribution in [-0.4, -0.2) is 18.1 Å². The standard InChI is InChI=1S/C12H9Cl2NO3/c1-6-10(12(16)17-2)15-11(18-6)7-3-4-8(13)9(14)5-7/h3-5H,1-2H3. The first-order valence-electron chi connectivity index (χ1n) is 5.04. The predicted molar refractivity (Wildman–Crippen MR) is 68.0 cm³/mol. The van der Waals surface area contributed by atoms with Gasteiger partial charge in [0.1, 0.15) is 5.76 Å². The maximum Gasteiger partial charge on any atom is 0.360 e. The topological polar surface area (TPSA) is 52.3 Å². The number of halogens is 2. The van der Waals surface area contributed by atoms with Crippen LogP contribution < -0.4 is 0 Å². The number of rotatable bonds is 2. The molecule has 6 heteroatoms. The van der Waals surface area contributed by atoms with Crippen LogP contribution in [0.4, 0.5) is 0 Å². The van der Waals surface area contributed by atoms with E-state index >= 15 is 0 Å². The molecule has 0 spiro atoms. The van der Waals surface area contributed by atoms with Crippen LogP contribution in [0.3, 0.4) is 0 Å². The van der Waals surface area contributed by atoms with Gasteiger partial charge in [-0.3, -0.25) is 0 Å². The number of nitrogens with zero attached hydrogens (tertiary/aromatic N) is 1. The molecule has 0 atom stereocenters. The smallest absolute Gasteiger partial charge is 0.360 e. The summed E-state index contributed by atoms with van der Waals surface area (Å²) in [7, 11) is 1.29. The Morgan fingerprint density at radius 2 is 2.06 bits per heavy atom. The van der Waals surface area contributed by atoms with Crippen LogP contribution in [0.2, 0.25) is 10.0 Å². The molecule has 0 bridgehead atoms. The van der Waals surface area contributed by atoms with Gasteiger partial charge in [-0.25, -0.2) is 9.78 Å². The van der Waals surface area contributed by atoms with E-state index in [1.54, 1.807) is 25.1 Å². The van der Waals surface area contributed by atoms with Gasteiger partial charge in [0.2, 0.25) is 5.89 Å². The van der Waals surface area contributed by atoms with Crippen molar-refractivity contribution in [2.75, 3.05) is 7.11 Å². The number of carbonyl (C=O) groups is 1. The van der Waals surface area contributed by atoms with Gasteiger partial charge in [-0.1, -0.05) is 23.2 Å². The fraction of sp³-hybridized carbons (Fsp3) is 0.167. The summed E-state index contributed by atoms with van der Waals surface area (Å²) in [4.78, 5) is 15.5. The van der Waals surface area contributed by atoms with E-state index in [0.29, 0.717) is 27.3 Å². The quantitative estimate of drug-likeness (QED) is 0.789. The van der Waals surface area contributed by atoms with E-state index in [0.717, 1.165) is 0 Å². The molecule has 1 aromatic heterocycles. The molecular formula is C12H9Cl2NO3. The molecule has 0 saturated heterocycles. The summed E-state index contributed by atoms with van der Waals surface area (Å²) in [5, 5.41) is 0.835. The van der Waals surface area contributed by atoms with E-state index in [9.17, 15) is 4.79 Å². The van der Waals surface area contributed by atoms with E-state index in [1.165, 1.54) is 7.11 Å². The van der Waals surface area contributed by atoms with Crippen molar-refractivity contribution in [2.24, 2.45) is 0 Å². The minimum Gasteiger partial charge on any atom is -0.464 e. The molecule has 2 rings (SSSR count). The summed E-state index contributed by atoms with van der Waals surface area (Å²) < 4.78 is 10.0. The van der Waals surface area contributed by atoms with Gasteiger partial charge in [-0.15, -0.1) is 0 Å². The fourth-order valence-corrected chi connectivity index (χ4v) is 1.73. The maximum atomic E-state index is 11.4. The fourth-order valence-electron chi connectivity index (χ4n) is 1.44. The third kappa shape index (κ3) is 2.35. The molecule has 18 heavy (non-hydrogen) atoms. The Morgan fingerprint density at radius 1 is 1.33 bits per heavy atom. The van der Waals surface area contributed by atoms with Crippen molar-refractivity contribution < 1.29 is 13.9 Å². The van der Waals surface area contributed by atoms with Crippen molar-refractivity contribution in [3.8, 4) is 11.5 Å². The maximum absolute atomic E-state index is 11.4. The van der Waals surface area contributed by atoms with Gasteiger partial charge in [-0.2, -0.15) is 0 Å². The van der Waals surface area contributed by atoms with E-state index in [-0.39, 0.29) is 5.69 Å². The molecule has 0 unspecified atom stereocenters. The lowest BCUT2D eigenvalue weighted by atomic mass is 10.2. The summed E-state index contributed by atoms with van der Waals surface area (Å²) in [6.07, 6.45) is 0. The summed E-state index contributed by atoms with van der Waals surface area (Å²) in [6.45, 7) is 1.64. The summed E-state index contributed by atoms with van der Waals surface area (Å²) in [5.41, 5.74) is 0.793. The molecular weight excluding hydrogens is 277 g/mol. The second kappa shape index (κ2) is 5.00. The van der Waals surface area contributed by atoms with Gasteiger partial charge in [0.25, 0.3) is 0 Å². The van der Waals surface area contributed by atoms with Crippen molar-refractivity contribution in [2.45, 2.75) is 6.92 Å². The zero-order valence-electron chi connectivity index (χ0n) is 9.66. The minimum atomic E-state index is -0.539. The van der Waals surface area contributed by atoms with Crippen molar-refractivity contribution in [1.82, 2.24) is 4.98 Å². The van der Waals surface area contributed by atoms with E-state index < -0.39 is 5.97 Å². The number of esters is 1. The van der Waals surface area contributed by atoms with Crippen LogP contribution >= 0.6 is 23.2 Å². The van der Waals surface area contributed by atoms with Crippen molar-refractivity contribution in [3.05, 3.63) is 39.7 Å². The van der Waals surface area contributed by atoms with Crippen LogP contribution in [0.5, 0.6) is 0 Å². The molecule has 0 N–H and O–H groups in total. The number of carbonyl (C=O) groups excluding carboxylic acids is 1. The monoisotopic (exact) mass is 285 g/mol. The van der Waals surface area contributed by atoms with Crippen LogP contribution in [0, 0.1) is 6.92 Å². The summed E-state index contributed by atoms with van der Waals surface area (Å²) in [6, 6.07) is 4.97. The largest absolute Gasteiger partial charge is 0.464 e. The molecule has 0 aliphatic carbocycles. The normalized spacial score (nSPS) is 10.4. The number of hydrogen-bond acceptors (Lipinski definition) is 4. The van der Waals surface area contributed by atoms with Crippen molar-refractivity contribution in [1.29, 1.82) is 0 Å². The summed E-state index contributed by atoms with van der Waals surface area (Å²) >= 11 is 11.7. The van der Waals surface area contributed by atoms with E-state index in [1.807, 2.05) is 0 Å². The molecule has 0 aliphatic rings. The lowest BCUT2D eigenvalue weighted by molar-refractivity contribution is 0.0593. The average molecular weight is 286 g/mol. The highest BCUT2D eigenvalue weighted by Gasteiger charge is 2.18. The Hall–Kier alpha value is -1.52. The number of benzene rings is 1. The number of aromatic nitrogens is 1. The van der Waals surface area contributed by atoms with Crippen molar-refractivity contribution in [3.63, 3.8) is 0 Å². The molecule has 0 fully saturated rings. The first-order valence-corrected chi connectivity index (χ1v) is 5.79. The highest BCUT2D eigenvalue weighted by molar-refractivity contribution is 6.42. The Balaban J connectivity index is 2.45. The van der Waals surface area contributed by atoms with Gasteiger partial charge in [0, 0.05) is 5.56 Å². The zero-order chi connectivity index (χ0) is 13.3. The average Bonchev–Trinajstić information content (AvgIpc) is 2.74. The Kier molecular flexibility index (Phi) is 3.59. The number of aryl methyl sites for hydroxylation is 1. The van der Waals surface area contributed by atoms with Crippen molar-refractivity contribution >= 4 is 29.2 Å². The van der Waals surface area contributed by atoms with E-state index in [2.05, 4.69) is 9.72 Å². The predicted octanol–water partition coefficient (Wildman–Crippen LogP) is 3.74. The summed E-state index contributed by atoms with van der Waals surface area (Å²) in [5.74, 6) is 0.150. The van der Waals surface area contributed by atoms with Gasteiger partial charge in [0.15, 0.2) is 5.69 Å². The third-order valence-corrected chi connectivity index (χ3v) is 3.08. The molecule has 94 valence electrons. The molecule has 0 radical (unpaired) electrons. The van der Waals surface area contributed by atoms with Crippen LogP contribution in [0.25, 0.3) is 11.5 Å². The van der Waals surface area contributed by atoms with Gasteiger partial charge in [-0.05, 0) is 25.1 Å². The highest BCUT2D eigenvalue weighted by atomic mass is 35.5. The lowest BCUT2D eigenvalue weighted by Gasteiger charge is -1.98. The SMILES string of the molecule is COC(=O)c1nc(-c2ccc(Cl)c(Cl)c2)oc1C. The van der Waals surface area contributed by atoms with Crippen LogP contribution in [0.15, 0.2) is 22.6 Å². The van der Waals surface area contributed by atoms with Crippen LogP contribution in [0.1, 0.15) is 16.2 Å². The number of hydrogen-bond donors (Lipinski definition) is 0. The second-order valence-electron chi connectivity index (χ2n) is 3.54. The molecule has 1 heterocycles. The molecule has 1 aromatic carbocycles. The van der Waals surface area contributed by atoms with Gasteiger partial charge < -0.3 is 9.15 Å². The molecule has 0 amide bonds. The number of ether oxygens (including phenoxy) is 1. The van der Waals surface area contributed by atoms with E-state index in [4.69, 9.17) is 27.6 Å². The van der Waals surface area contributed by atoms with Gasteiger partial charge in [0.05, 0.1) is 17.2 Å². The molecule has 2 aromatic rings. The minimum absolute atomic E-state index is 0.151.